The Labute approximate surface area is 316 Å². The van der Waals surface area contributed by atoms with E-state index >= 15 is 0 Å². The minimum Gasteiger partial charge on any atom is -0.392 e. The van der Waals surface area contributed by atoms with Crippen LogP contribution >= 0.6 is 0 Å². The normalized spacial score (nSPS) is 17.8. The molecule has 0 saturated carbocycles. The van der Waals surface area contributed by atoms with Gasteiger partial charge in [-0.3, -0.25) is 29.5 Å². The second kappa shape index (κ2) is 15.2. The largest absolute Gasteiger partial charge is 0.392 e. The number of anilines is 2. The van der Waals surface area contributed by atoms with E-state index in [1.807, 2.05) is 51.0 Å². The molecule has 8 rings (SSSR count). The molecule has 2 fully saturated rings. The number of likely N-dealkylation sites (tertiary alicyclic amines) is 2. The van der Waals surface area contributed by atoms with Gasteiger partial charge >= 0.3 is 0 Å². The lowest BCUT2D eigenvalue weighted by molar-refractivity contribution is -0.132. The third-order valence-electron chi connectivity index (χ3n) is 11.2. The molecular formula is C44H48N8O2. The summed E-state index contributed by atoms with van der Waals surface area (Å²) in [5.41, 5.74) is 11.9. The van der Waals surface area contributed by atoms with E-state index < -0.39 is 0 Å². The highest BCUT2D eigenvalue weighted by Crippen LogP contribution is 2.35. The smallest absolute Gasteiger partial charge is 0.226 e. The van der Waals surface area contributed by atoms with Crippen molar-refractivity contribution >= 4 is 39.2 Å². The number of amides is 1. The van der Waals surface area contributed by atoms with E-state index in [2.05, 4.69) is 77.5 Å². The van der Waals surface area contributed by atoms with E-state index in [1.165, 1.54) is 16.7 Å². The van der Waals surface area contributed by atoms with Crippen LogP contribution in [0.3, 0.4) is 0 Å². The van der Waals surface area contributed by atoms with Crippen LogP contribution in [0.5, 0.6) is 0 Å². The molecule has 2 saturated heterocycles. The molecule has 0 spiro atoms. The number of rotatable bonds is 10. The first kappa shape index (κ1) is 35.7. The number of aromatic nitrogens is 4. The fourth-order valence-electron chi connectivity index (χ4n) is 8.22. The number of carbonyl (C=O) groups is 1. The summed E-state index contributed by atoms with van der Waals surface area (Å²) in [7, 11) is 3.67. The van der Waals surface area contributed by atoms with Crippen molar-refractivity contribution in [1.29, 1.82) is 0 Å². The van der Waals surface area contributed by atoms with Crippen molar-refractivity contribution in [2.45, 2.75) is 52.3 Å². The van der Waals surface area contributed by atoms with Crippen molar-refractivity contribution in [3.05, 3.63) is 119 Å². The lowest BCUT2D eigenvalue weighted by Crippen LogP contribution is -2.31. The van der Waals surface area contributed by atoms with Gasteiger partial charge in [-0.15, -0.1) is 0 Å². The molecule has 2 aliphatic heterocycles. The molecular weight excluding hydrogens is 673 g/mol. The van der Waals surface area contributed by atoms with Crippen LogP contribution in [0.15, 0.2) is 85.5 Å². The van der Waals surface area contributed by atoms with Gasteiger partial charge in [-0.2, -0.15) is 0 Å². The zero-order valence-corrected chi connectivity index (χ0v) is 31.6. The van der Waals surface area contributed by atoms with Crippen molar-refractivity contribution in [2.24, 2.45) is 5.92 Å². The summed E-state index contributed by atoms with van der Waals surface area (Å²) in [4.78, 5) is 38.1. The van der Waals surface area contributed by atoms with E-state index in [0.717, 1.165) is 107 Å². The Morgan fingerprint density at radius 1 is 0.796 bits per heavy atom. The Morgan fingerprint density at radius 3 is 2.17 bits per heavy atom. The van der Waals surface area contributed by atoms with E-state index in [9.17, 15) is 9.90 Å². The highest BCUT2D eigenvalue weighted by molar-refractivity contribution is 5.91. The number of nitrogens with one attached hydrogen (secondary N) is 1. The third kappa shape index (κ3) is 7.42. The van der Waals surface area contributed by atoms with Crippen LogP contribution in [0.4, 0.5) is 11.5 Å². The Morgan fingerprint density at radius 2 is 1.44 bits per heavy atom. The van der Waals surface area contributed by atoms with E-state index in [1.54, 1.807) is 4.90 Å². The maximum absolute atomic E-state index is 12.5. The molecule has 10 nitrogen and oxygen atoms in total. The van der Waals surface area contributed by atoms with Crippen molar-refractivity contribution in [3.63, 3.8) is 0 Å². The Balaban J connectivity index is 1.00. The fourth-order valence-corrected chi connectivity index (χ4v) is 8.22. The number of β-amino-alcohol motifs (C(OH)–C–C–N with tert-alkyl or cyclic N) is 1. The SMILES string of the molecule is Cc1c(Cc2nccc3cc(CN4CC[C@@H](C(=O)N(C)C)C4)cnc23)cccc1-c1cccc(Nc2nccc3cc(CN4CC[C@@H](O)C4)cnc23)c1C. The molecule has 6 heterocycles. The maximum atomic E-state index is 12.5. The van der Waals surface area contributed by atoms with Gasteiger partial charge in [-0.25, -0.2) is 4.98 Å². The number of hydrogen-bond acceptors (Lipinski definition) is 9. The molecule has 0 aliphatic carbocycles. The average molecular weight is 721 g/mol. The maximum Gasteiger partial charge on any atom is 0.226 e. The lowest BCUT2D eigenvalue weighted by atomic mass is 9.91. The van der Waals surface area contributed by atoms with Gasteiger partial charge in [-0.05, 0) is 103 Å². The van der Waals surface area contributed by atoms with Crippen LogP contribution in [0.2, 0.25) is 0 Å². The first-order valence-electron chi connectivity index (χ1n) is 19.0. The zero-order valence-electron chi connectivity index (χ0n) is 31.6. The number of hydrogen-bond donors (Lipinski definition) is 2. The van der Waals surface area contributed by atoms with Crippen LogP contribution in [0.1, 0.15) is 46.4 Å². The molecule has 2 aromatic carbocycles. The summed E-state index contributed by atoms with van der Waals surface area (Å²) in [6.07, 6.45) is 9.78. The van der Waals surface area contributed by atoms with Crippen LogP contribution in [-0.2, 0) is 24.3 Å². The lowest BCUT2D eigenvalue weighted by Gasteiger charge is -2.18. The molecule has 2 aliphatic rings. The Bertz CT molecular complexity index is 2340. The number of benzene rings is 2. The summed E-state index contributed by atoms with van der Waals surface area (Å²) in [5.74, 6) is 1.01. The fraction of sp³-hybridized carbons (Fsp3) is 0.341. The average Bonchev–Trinajstić information content (AvgIpc) is 3.81. The van der Waals surface area contributed by atoms with Gasteiger partial charge in [0, 0.05) is 94.5 Å². The molecule has 0 unspecified atom stereocenters. The van der Waals surface area contributed by atoms with E-state index in [0.29, 0.717) is 13.0 Å². The number of fused-ring (bicyclic) bond motifs is 2. The summed E-state index contributed by atoms with van der Waals surface area (Å²) in [6.45, 7) is 9.23. The van der Waals surface area contributed by atoms with Crippen molar-refractivity contribution in [3.8, 4) is 11.1 Å². The first-order valence-corrected chi connectivity index (χ1v) is 19.0. The number of aliphatic hydroxyl groups excluding tert-OH is 1. The summed E-state index contributed by atoms with van der Waals surface area (Å²) < 4.78 is 0. The number of nitrogens with zero attached hydrogens (tertiary/aromatic N) is 7. The summed E-state index contributed by atoms with van der Waals surface area (Å²) in [6, 6.07) is 21.3. The van der Waals surface area contributed by atoms with Crippen LogP contribution in [0, 0.1) is 19.8 Å². The summed E-state index contributed by atoms with van der Waals surface area (Å²) in [5, 5.41) is 15.7. The standard InChI is InChI=1S/C44H48N8O2/c1-28-32(21-40-41-33(11-15-45-40)19-30(22-47-41)24-51-17-13-35(26-51)44(54)50(3)4)7-5-8-37(28)38-9-6-10-39(29(38)2)49-43-42-34(12-16-46-43)20-31(23-48-42)25-52-18-14-36(53)27-52/h5-12,15-16,19-20,22-23,35-36,53H,13-14,17-18,21,24-27H2,1-4H3,(H,46,49)/t35-,36-/m1/s1. The van der Waals surface area contributed by atoms with Gasteiger partial charge < -0.3 is 15.3 Å². The van der Waals surface area contributed by atoms with Gasteiger partial charge in [0.25, 0.3) is 0 Å². The molecule has 1 amide bonds. The third-order valence-corrected chi connectivity index (χ3v) is 11.2. The Kier molecular flexibility index (Phi) is 10.1. The molecule has 2 atom stereocenters. The zero-order chi connectivity index (χ0) is 37.3. The highest BCUT2D eigenvalue weighted by Gasteiger charge is 2.29. The number of aliphatic hydroxyl groups is 1. The molecule has 54 heavy (non-hydrogen) atoms. The first-order chi connectivity index (χ1) is 26.2. The van der Waals surface area contributed by atoms with Gasteiger partial charge in [0.2, 0.25) is 5.91 Å². The van der Waals surface area contributed by atoms with Crippen molar-refractivity contribution < 1.29 is 9.90 Å². The molecule has 4 aromatic heterocycles. The predicted molar refractivity (Wildman–Crippen MR) is 214 cm³/mol. The van der Waals surface area contributed by atoms with Gasteiger partial charge in [0.05, 0.1) is 23.2 Å². The Hall–Kier alpha value is -5.29. The van der Waals surface area contributed by atoms with E-state index in [4.69, 9.17) is 19.9 Å². The highest BCUT2D eigenvalue weighted by atomic mass is 16.3. The minimum absolute atomic E-state index is 0.0701. The quantitative estimate of drug-likeness (QED) is 0.160. The molecule has 0 radical (unpaired) electrons. The van der Waals surface area contributed by atoms with Crippen LogP contribution in [-0.4, -0.2) is 92.0 Å². The van der Waals surface area contributed by atoms with Gasteiger partial charge in [0.1, 0.15) is 5.52 Å². The monoisotopic (exact) mass is 720 g/mol. The summed E-state index contributed by atoms with van der Waals surface area (Å²) >= 11 is 0. The number of pyridine rings is 4. The van der Waals surface area contributed by atoms with E-state index in [-0.39, 0.29) is 17.9 Å². The second-order valence-corrected chi connectivity index (χ2v) is 15.2. The van der Waals surface area contributed by atoms with Gasteiger partial charge in [-0.1, -0.05) is 30.3 Å². The molecule has 10 heteroatoms. The van der Waals surface area contributed by atoms with Crippen molar-refractivity contribution in [2.75, 3.05) is 45.6 Å². The topological polar surface area (TPSA) is 111 Å². The number of carbonyl (C=O) groups excluding carboxylic acids is 1. The van der Waals surface area contributed by atoms with Crippen molar-refractivity contribution in [1.82, 2.24) is 34.6 Å². The predicted octanol–water partition coefficient (Wildman–Crippen LogP) is 6.67. The molecule has 6 aromatic rings. The van der Waals surface area contributed by atoms with Crippen LogP contribution in [0.25, 0.3) is 32.9 Å². The molecule has 0 bridgehead atoms. The molecule has 276 valence electrons. The minimum atomic E-state index is -0.237. The van der Waals surface area contributed by atoms with Gasteiger partial charge in [0.15, 0.2) is 5.82 Å². The molecule has 2 N–H and O–H groups in total. The van der Waals surface area contributed by atoms with Crippen LogP contribution < -0.4 is 5.32 Å². The second-order valence-electron chi connectivity index (χ2n) is 15.2.